The Kier molecular flexibility index (Phi) is 8.29. The molecule has 1 aliphatic heterocycles. The summed E-state index contributed by atoms with van der Waals surface area (Å²) in [7, 11) is 1.32. The number of carbonyl (C=O) groups is 2. The van der Waals surface area contributed by atoms with Gasteiger partial charge in [-0.3, -0.25) is 4.79 Å². The molecule has 0 bridgehead atoms. The highest BCUT2D eigenvalue weighted by Crippen LogP contribution is 2.29. The van der Waals surface area contributed by atoms with E-state index >= 15 is 0 Å². The number of carbonyl (C=O) groups excluding carboxylic acids is 2. The fourth-order valence-corrected chi connectivity index (χ4v) is 5.23. The zero-order valence-electron chi connectivity index (χ0n) is 23.9. The largest absolute Gasteiger partial charge is 0.465 e. The molecule has 1 aliphatic rings. The maximum absolute atomic E-state index is 12.2. The molecular formula is C33H34N4O4. The van der Waals surface area contributed by atoms with Crippen molar-refractivity contribution in [2.24, 2.45) is 0 Å². The number of nitrogens with zero attached hydrogens (tertiary/aromatic N) is 4. The number of anilines is 2. The van der Waals surface area contributed by atoms with Crippen LogP contribution in [0.25, 0.3) is 22.3 Å². The third kappa shape index (κ3) is 6.72. The minimum atomic E-state index is -0.506. The van der Waals surface area contributed by atoms with Crippen LogP contribution in [0.4, 0.5) is 11.6 Å². The summed E-state index contributed by atoms with van der Waals surface area (Å²) in [5, 5.41) is 0. The number of aryl methyl sites for hydroxylation is 2. The first kappa shape index (κ1) is 27.8. The first-order chi connectivity index (χ1) is 19.8. The molecule has 8 nitrogen and oxygen atoms in total. The molecule has 0 saturated carbocycles. The molecule has 5 rings (SSSR count). The predicted molar refractivity (Wildman–Crippen MR) is 161 cm³/mol. The minimum absolute atomic E-state index is 0.280. The Balaban J connectivity index is 1.28. The van der Waals surface area contributed by atoms with Crippen molar-refractivity contribution in [2.75, 3.05) is 43.1 Å². The summed E-state index contributed by atoms with van der Waals surface area (Å²) >= 11 is 0. The first-order valence-corrected chi connectivity index (χ1v) is 13.7. The highest BCUT2D eigenvalue weighted by atomic mass is 16.5. The molecule has 4 aromatic rings. The molecule has 0 unspecified atom stereocenters. The van der Waals surface area contributed by atoms with Gasteiger partial charge in [-0.2, -0.15) is 0 Å². The van der Waals surface area contributed by atoms with Crippen LogP contribution in [0.2, 0.25) is 0 Å². The van der Waals surface area contributed by atoms with Crippen LogP contribution in [0, 0.1) is 13.8 Å². The average molecular weight is 551 g/mol. The molecule has 0 amide bonds. The summed E-state index contributed by atoms with van der Waals surface area (Å²) in [6.07, 6.45) is 4.73. The first-order valence-electron chi connectivity index (χ1n) is 13.7. The number of ether oxygens (including phenoxy) is 2. The highest BCUT2D eigenvalue weighted by Gasteiger charge is 2.18. The molecular weight excluding hydrogens is 516 g/mol. The van der Waals surface area contributed by atoms with Crippen molar-refractivity contribution in [2.45, 2.75) is 27.2 Å². The lowest BCUT2D eigenvalue weighted by Gasteiger charge is -2.23. The zero-order valence-corrected chi connectivity index (χ0v) is 23.9. The van der Waals surface area contributed by atoms with E-state index in [2.05, 4.69) is 54.0 Å². The van der Waals surface area contributed by atoms with Crippen molar-refractivity contribution in [1.82, 2.24) is 9.97 Å². The van der Waals surface area contributed by atoms with E-state index in [0.29, 0.717) is 11.1 Å². The molecule has 2 aromatic heterocycles. The Labute approximate surface area is 240 Å². The van der Waals surface area contributed by atoms with E-state index in [0.717, 1.165) is 55.4 Å². The van der Waals surface area contributed by atoms with E-state index in [-0.39, 0.29) is 5.75 Å². The number of esters is 2. The van der Waals surface area contributed by atoms with Crippen molar-refractivity contribution < 1.29 is 19.1 Å². The van der Waals surface area contributed by atoms with Gasteiger partial charge in [0.1, 0.15) is 17.4 Å². The fourth-order valence-electron chi connectivity index (χ4n) is 5.23. The van der Waals surface area contributed by atoms with Gasteiger partial charge in [0.15, 0.2) is 0 Å². The Morgan fingerprint density at radius 1 is 0.707 bits per heavy atom. The van der Waals surface area contributed by atoms with Crippen LogP contribution >= 0.6 is 0 Å². The van der Waals surface area contributed by atoms with Gasteiger partial charge in [0.25, 0.3) is 0 Å². The van der Waals surface area contributed by atoms with Gasteiger partial charge in [-0.1, -0.05) is 29.3 Å². The molecule has 1 fully saturated rings. The molecule has 0 spiro atoms. The quantitative estimate of drug-likeness (QED) is 0.218. The summed E-state index contributed by atoms with van der Waals surface area (Å²) in [6, 6.07) is 19.7. The predicted octanol–water partition coefficient (Wildman–Crippen LogP) is 5.86. The molecule has 2 aromatic carbocycles. The number of methoxy groups -OCH3 is 1. The number of pyridine rings is 2. The zero-order chi connectivity index (χ0) is 28.9. The molecule has 3 heterocycles. The van der Waals surface area contributed by atoms with Gasteiger partial charge >= 0.3 is 11.9 Å². The maximum Gasteiger partial charge on any atom is 0.338 e. The van der Waals surface area contributed by atoms with Crippen LogP contribution in [0.15, 0.2) is 73.1 Å². The number of benzene rings is 2. The van der Waals surface area contributed by atoms with E-state index in [1.165, 1.54) is 36.8 Å². The van der Waals surface area contributed by atoms with Gasteiger partial charge in [-0.25, -0.2) is 14.8 Å². The van der Waals surface area contributed by atoms with Gasteiger partial charge in [-0.15, -0.1) is 0 Å². The lowest BCUT2D eigenvalue weighted by Crippen LogP contribution is -2.31. The second-order valence-corrected chi connectivity index (χ2v) is 10.3. The van der Waals surface area contributed by atoms with Crippen LogP contribution in [-0.2, 0) is 9.53 Å². The Morgan fingerprint density at radius 2 is 1.27 bits per heavy atom. The van der Waals surface area contributed by atoms with E-state index in [1.807, 2.05) is 18.3 Å². The van der Waals surface area contributed by atoms with Gasteiger partial charge in [-0.05, 0) is 73.9 Å². The Hall–Kier alpha value is -4.72. The van der Waals surface area contributed by atoms with Gasteiger partial charge in [0.2, 0.25) is 0 Å². The standard InChI is InChI=1S/C33H34N4O4/c1-22-14-23(2)16-27(15-22)25-6-8-31(34-20-25)36-10-5-11-37(13-12-36)32-9-7-26(21-35-32)28-17-29(33(39)40-4)19-30(18-28)41-24(3)38/h6-9,14-21H,5,10-13H2,1-4H3. The van der Waals surface area contributed by atoms with Crippen LogP contribution in [0.3, 0.4) is 0 Å². The van der Waals surface area contributed by atoms with Crippen molar-refractivity contribution in [3.05, 3.63) is 89.7 Å². The second-order valence-electron chi connectivity index (χ2n) is 10.3. The molecule has 0 radical (unpaired) electrons. The van der Waals surface area contributed by atoms with Crippen molar-refractivity contribution in [1.29, 1.82) is 0 Å². The van der Waals surface area contributed by atoms with Crippen LogP contribution < -0.4 is 14.5 Å². The summed E-state index contributed by atoms with van der Waals surface area (Å²) < 4.78 is 10.1. The second kappa shape index (κ2) is 12.2. The molecule has 1 saturated heterocycles. The van der Waals surface area contributed by atoms with Crippen molar-refractivity contribution in [3.63, 3.8) is 0 Å². The van der Waals surface area contributed by atoms with Crippen LogP contribution in [-0.4, -0.2) is 55.2 Å². The van der Waals surface area contributed by atoms with Crippen molar-refractivity contribution in [3.8, 4) is 28.0 Å². The summed E-state index contributed by atoms with van der Waals surface area (Å²) in [5.41, 5.74) is 6.63. The lowest BCUT2D eigenvalue weighted by atomic mass is 10.0. The van der Waals surface area contributed by atoms with Gasteiger partial charge < -0.3 is 19.3 Å². The summed E-state index contributed by atoms with van der Waals surface area (Å²) in [4.78, 5) is 37.8. The topological polar surface area (TPSA) is 84.9 Å². The van der Waals surface area contributed by atoms with Crippen LogP contribution in [0.1, 0.15) is 34.8 Å². The van der Waals surface area contributed by atoms with Crippen molar-refractivity contribution >= 4 is 23.6 Å². The molecule has 210 valence electrons. The summed E-state index contributed by atoms with van der Waals surface area (Å²) in [6.45, 7) is 9.03. The number of aromatic nitrogens is 2. The molecule has 8 heteroatoms. The maximum atomic E-state index is 12.2. The third-order valence-corrected chi connectivity index (χ3v) is 7.12. The minimum Gasteiger partial charge on any atom is -0.465 e. The fraction of sp³-hybridized carbons (Fsp3) is 0.273. The number of hydrogen-bond donors (Lipinski definition) is 0. The van der Waals surface area contributed by atoms with Gasteiger partial charge in [0, 0.05) is 56.6 Å². The smallest absolute Gasteiger partial charge is 0.338 e. The van der Waals surface area contributed by atoms with Crippen LogP contribution in [0.5, 0.6) is 5.75 Å². The average Bonchev–Trinajstić information content (AvgIpc) is 3.22. The Morgan fingerprint density at radius 3 is 1.76 bits per heavy atom. The highest BCUT2D eigenvalue weighted by molar-refractivity contribution is 5.92. The molecule has 41 heavy (non-hydrogen) atoms. The SMILES string of the molecule is COC(=O)c1cc(OC(C)=O)cc(-c2ccc(N3CCCN(c4ccc(-c5cc(C)cc(C)c5)cn4)CC3)nc2)c1. The number of rotatable bonds is 6. The Bertz CT molecular complexity index is 1530. The number of hydrogen-bond acceptors (Lipinski definition) is 8. The van der Waals surface area contributed by atoms with E-state index < -0.39 is 11.9 Å². The van der Waals surface area contributed by atoms with Gasteiger partial charge in [0.05, 0.1) is 12.7 Å². The molecule has 0 aliphatic carbocycles. The third-order valence-electron chi connectivity index (χ3n) is 7.12. The van der Waals surface area contributed by atoms with E-state index in [1.54, 1.807) is 18.3 Å². The molecule has 0 atom stereocenters. The van der Waals surface area contributed by atoms with E-state index in [4.69, 9.17) is 19.4 Å². The van der Waals surface area contributed by atoms with E-state index in [9.17, 15) is 9.59 Å². The lowest BCUT2D eigenvalue weighted by molar-refractivity contribution is -0.131. The monoisotopic (exact) mass is 550 g/mol. The summed E-state index contributed by atoms with van der Waals surface area (Å²) in [5.74, 6) is 1.18. The normalized spacial score (nSPS) is 13.5. The molecule has 0 N–H and O–H groups in total.